The van der Waals surface area contributed by atoms with Crippen LogP contribution in [0.5, 0.6) is 0 Å². The molecule has 3 rings (SSSR count). The van der Waals surface area contributed by atoms with Gasteiger partial charge in [0.1, 0.15) is 0 Å². The van der Waals surface area contributed by atoms with Crippen molar-refractivity contribution in [3.8, 4) is 0 Å². The second kappa shape index (κ2) is 4.82. The first-order valence-corrected chi connectivity index (χ1v) is 7.39. The largest absolute Gasteiger partial charge is 0.377 e. The molecule has 0 amide bonds. The molecule has 1 aliphatic heterocycles. The van der Waals surface area contributed by atoms with Crippen LogP contribution in [0.15, 0.2) is 17.1 Å². The lowest BCUT2D eigenvalue weighted by atomic mass is 9.57. The maximum Gasteiger partial charge on any atom is 0.191 e. The number of aliphatic imine (C=N–C) groups is 1. The minimum atomic E-state index is 0.201. The van der Waals surface area contributed by atoms with Crippen molar-refractivity contribution in [1.82, 2.24) is 10.6 Å². The summed E-state index contributed by atoms with van der Waals surface area (Å²) in [5.41, 5.74) is 0.201. The molecule has 4 heteroatoms. The highest BCUT2D eigenvalue weighted by atomic mass is 16.5. The number of guanidine groups is 1. The van der Waals surface area contributed by atoms with Crippen LogP contribution >= 0.6 is 0 Å². The van der Waals surface area contributed by atoms with Gasteiger partial charge in [-0.15, -0.1) is 0 Å². The predicted octanol–water partition coefficient (Wildman–Crippen LogP) is 1.68. The van der Waals surface area contributed by atoms with Gasteiger partial charge in [-0.2, -0.15) is 0 Å². The summed E-state index contributed by atoms with van der Waals surface area (Å²) in [6.07, 6.45) is 8.27. The molecule has 1 saturated carbocycles. The molecule has 1 saturated heterocycles. The van der Waals surface area contributed by atoms with Crippen molar-refractivity contribution in [3.63, 3.8) is 0 Å². The van der Waals surface area contributed by atoms with Crippen molar-refractivity contribution in [2.75, 3.05) is 13.7 Å². The molecular formula is C15H25N3O. The summed E-state index contributed by atoms with van der Waals surface area (Å²) in [6, 6.07) is 0.977. The van der Waals surface area contributed by atoms with Gasteiger partial charge in [-0.3, -0.25) is 4.99 Å². The monoisotopic (exact) mass is 263 g/mol. The Morgan fingerprint density at radius 3 is 2.68 bits per heavy atom. The summed E-state index contributed by atoms with van der Waals surface area (Å²) >= 11 is 0. The van der Waals surface area contributed by atoms with Crippen LogP contribution in [0.3, 0.4) is 0 Å². The van der Waals surface area contributed by atoms with Crippen LogP contribution in [-0.4, -0.2) is 37.8 Å². The van der Waals surface area contributed by atoms with Crippen molar-refractivity contribution >= 4 is 5.96 Å². The third-order valence-corrected chi connectivity index (χ3v) is 4.97. The lowest BCUT2D eigenvalue weighted by Gasteiger charge is -2.55. The number of fused-ring (bicyclic) bond motifs is 1. The average Bonchev–Trinajstić information content (AvgIpc) is 3.04. The molecule has 2 fully saturated rings. The Balaban J connectivity index is 1.60. The highest BCUT2D eigenvalue weighted by molar-refractivity contribution is 5.80. The maximum atomic E-state index is 5.84. The van der Waals surface area contributed by atoms with E-state index >= 15 is 0 Å². The maximum absolute atomic E-state index is 5.84. The molecule has 0 spiro atoms. The summed E-state index contributed by atoms with van der Waals surface area (Å²) in [6.45, 7) is 5.50. The molecule has 3 unspecified atom stereocenters. The topological polar surface area (TPSA) is 45.7 Å². The standard InChI is InChI=1S/C15H25N3O/c1-15(2)12(11-8-9-19-13(11)15)18-14(16-3)17-10-6-4-5-7-10/h4-5,10-13H,6-9H2,1-3H3,(H2,16,17,18). The lowest BCUT2D eigenvalue weighted by Crippen LogP contribution is -2.68. The molecule has 19 heavy (non-hydrogen) atoms. The molecule has 106 valence electrons. The molecule has 3 atom stereocenters. The summed E-state index contributed by atoms with van der Waals surface area (Å²) in [7, 11) is 1.85. The van der Waals surface area contributed by atoms with Gasteiger partial charge in [0.15, 0.2) is 5.96 Å². The van der Waals surface area contributed by atoms with Gasteiger partial charge in [-0.1, -0.05) is 26.0 Å². The first-order chi connectivity index (χ1) is 9.13. The van der Waals surface area contributed by atoms with E-state index in [0.29, 0.717) is 24.1 Å². The van der Waals surface area contributed by atoms with E-state index in [1.165, 1.54) is 6.42 Å². The third kappa shape index (κ3) is 2.16. The number of rotatable bonds is 2. The zero-order valence-electron chi connectivity index (χ0n) is 12.1. The zero-order valence-corrected chi connectivity index (χ0v) is 12.1. The minimum absolute atomic E-state index is 0.201. The molecule has 2 N–H and O–H groups in total. The van der Waals surface area contributed by atoms with Gasteiger partial charge in [0.2, 0.25) is 0 Å². The minimum Gasteiger partial charge on any atom is -0.377 e. The number of hydrogen-bond donors (Lipinski definition) is 2. The Kier molecular flexibility index (Phi) is 3.29. The van der Waals surface area contributed by atoms with Crippen LogP contribution < -0.4 is 10.6 Å². The quantitative estimate of drug-likeness (QED) is 0.453. The second-order valence-corrected chi connectivity index (χ2v) is 6.54. The van der Waals surface area contributed by atoms with Crippen LogP contribution in [0.2, 0.25) is 0 Å². The van der Waals surface area contributed by atoms with Crippen molar-refractivity contribution < 1.29 is 4.74 Å². The molecule has 0 aromatic rings. The molecule has 0 bridgehead atoms. The summed E-state index contributed by atoms with van der Waals surface area (Å²) in [5.74, 6) is 1.59. The Hall–Kier alpha value is -1.03. The molecule has 0 aromatic carbocycles. The number of ether oxygens (including phenoxy) is 1. The number of nitrogens with one attached hydrogen (secondary N) is 2. The predicted molar refractivity (Wildman–Crippen MR) is 77.2 cm³/mol. The van der Waals surface area contributed by atoms with Crippen molar-refractivity contribution in [2.45, 2.75) is 51.3 Å². The molecule has 0 aromatic heterocycles. The molecule has 0 radical (unpaired) electrons. The van der Waals surface area contributed by atoms with Crippen LogP contribution in [0, 0.1) is 11.3 Å². The van der Waals surface area contributed by atoms with E-state index in [4.69, 9.17) is 4.74 Å². The molecule has 3 aliphatic rings. The van der Waals surface area contributed by atoms with E-state index in [9.17, 15) is 0 Å². The van der Waals surface area contributed by atoms with E-state index in [0.717, 1.165) is 25.4 Å². The van der Waals surface area contributed by atoms with Crippen molar-refractivity contribution in [1.29, 1.82) is 0 Å². The highest BCUT2D eigenvalue weighted by Crippen LogP contribution is 2.52. The lowest BCUT2D eigenvalue weighted by molar-refractivity contribution is -0.106. The van der Waals surface area contributed by atoms with Crippen LogP contribution in [-0.2, 0) is 4.74 Å². The number of hydrogen-bond acceptors (Lipinski definition) is 2. The Bertz CT molecular complexity index is 394. The normalized spacial score (nSPS) is 37.0. The summed E-state index contributed by atoms with van der Waals surface area (Å²) < 4.78 is 5.84. The van der Waals surface area contributed by atoms with Crippen molar-refractivity contribution in [2.24, 2.45) is 16.3 Å². The van der Waals surface area contributed by atoms with E-state index in [-0.39, 0.29) is 5.41 Å². The van der Waals surface area contributed by atoms with Gasteiger partial charge >= 0.3 is 0 Å². The highest BCUT2D eigenvalue weighted by Gasteiger charge is 2.59. The van der Waals surface area contributed by atoms with Gasteiger partial charge in [0.05, 0.1) is 6.10 Å². The van der Waals surface area contributed by atoms with Gasteiger partial charge in [-0.05, 0) is 19.3 Å². The van der Waals surface area contributed by atoms with Crippen molar-refractivity contribution in [3.05, 3.63) is 12.2 Å². The first kappa shape index (κ1) is 13.0. The van der Waals surface area contributed by atoms with Gasteiger partial charge in [0, 0.05) is 37.1 Å². The van der Waals surface area contributed by atoms with Gasteiger partial charge in [0.25, 0.3) is 0 Å². The molecule has 1 heterocycles. The fourth-order valence-corrected chi connectivity index (χ4v) is 3.86. The second-order valence-electron chi connectivity index (χ2n) is 6.54. The van der Waals surface area contributed by atoms with E-state index in [2.05, 4.69) is 41.6 Å². The smallest absolute Gasteiger partial charge is 0.191 e. The number of nitrogens with zero attached hydrogens (tertiary/aromatic N) is 1. The molecule has 2 aliphatic carbocycles. The Morgan fingerprint density at radius 2 is 2.00 bits per heavy atom. The average molecular weight is 263 g/mol. The molecule has 4 nitrogen and oxygen atoms in total. The summed E-state index contributed by atoms with van der Waals surface area (Å²) in [4.78, 5) is 4.38. The van der Waals surface area contributed by atoms with Crippen LogP contribution in [0.4, 0.5) is 0 Å². The van der Waals surface area contributed by atoms with E-state index in [1.54, 1.807) is 0 Å². The zero-order chi connectivity index (χ0) is 13.5. The van der Waals surface area contributed by atoms with E-state index in [1.807, 2.05) is 7.05 Å². The third-order valence-electron chi connectivity index (χ3n) is 4.97. The van der Waals surface area contributed by atoms with E-state index < -0.39 is 0 Å². The van der Waals surface area contributed by atoms with Gasteiger partial charge < -0.3 is 15.4 Å². The fourth-order valence-electron chi connectivity index (χ4n) is 3.86. The Labute approximate surface area is 115 Å². The Morgan fingerprint density at radius 1 is 1.26 bits per heavy atom. The first-order valence-electron chi connectivity index (χ1n) is 7.39. The SMILES string of the molecule is CN=C(NC1CC=CC1)NC1C2CCOC2C1(C)C. The molecular weight excluding hydrogens is 238 g/mol. The summed E-state index contributed by atoms with van der Waals surface area (Å²) in [5, 5.41) is 7.14. The van der Waals surface area contributed by atoms with Crippen LogP contribution in [0.25, 0.3) is 0 Å². The fraction of sp³-hybridized carbons (Fsp3) is 0.800. The van der Waals surface area contributed by atoms with Gasteiger partial charge in [-0.25, -0.2) is 0 Å². The van der Waals surface area contributed by atoms with Crippen LogP contribution in [0.1, 0.15) is 33.1 Å².